The third-order valence-electron chi connectivity index (χ3n) is 2.19. The molecule has 0 aliphatic carbocycles. The Labute approximate surface area is 92.7 Å². The summed E-state index contributed by atoms with van der Waals surface area (Å²) in [7, 11) is 0. The lowest BCUT2D eigenvalue weighted by Crippen LogP contribution is -2.00. The number of benzene rings is 1. The summed E-state index contributed by atoms with van der Waals surface area (Å²) in [6.45, 7) is 0. The summed E-state index contributed by atoms with van der Waals surface area (Å²) in [5.41, 5.74) is 1.47. The topological polar surface area (TPSA) is 32.9 Å². The molecule has 0 saturated heterocycles. The zero-order chi connectivity index (χ0) is 10.7. The van der Waals surface area contributed by atoms with Crippen LogP contribution in [0.25, 0.3) is 0 Å². The van der Waals surface area contributed by atoms with E-state index in [1.54, 1.807) is 18.0 Å². The first-order valence-corrected chi connectivity index (χ1v) is 5.86. The van der Waals surface area contributed by atoms with E-state index in [4.69, 9.17) is 0 Å². The van der Waals surface area contributed by atoms with E-state index in [0.717, 1.165) is 16.2 Å². The fourth-order valence-corrected chi connectivity index (χ4v) is 2.01. The van der Waals surface area contributed by atoms with Crippen LogP contribution >= 0.6 is 11.8 Å². The summed E-state index contributed by atoms with van der Waals surface area (Å²) in [6.07, 6.45) is 3.75. The van der Waals surface area contributed by atoms with E-state index < -0.39 is 0 Å². The van der Waals surface area contributed by atoms with E-state index in [1.807, 2.05) is 42.7 Å². The minimum Gasteiger partial charge on any atom is -0.356 e. The molecule has 2 aromatic rings. The molecule has 0 aliphatic heterocycles. The van der Waals surface area contributed by atoms with Crippen molar-refractivity contribution in [1.29, 1.82) is 0 Å². The highest BCUT2D eigenvalue weighted by atomic mass is 32.2. The van der Waals surface area contributed by atoms with Crippen LogP contribution in [-0.2, 0) is 0 Å². The van der Waals surface area contributed by atoms with Crippen molar-refractivity contribution in [2.45, 2.75) is 5.03 Å². The van der Waals surface area contributed by atoms with Gasteiger partial charge in [-0.15, -0.1) is 11.8 Å². The van der Waals surface area contributed by atoms with Gasteiger partial charge in [-0.25, -0.2) is 0 Å². The highest BCUT2D eigenvalue weighted by Gasteiger charge is 2.13. The van der Waals surface area contributed by atoms with Crippen molar-refractivity contribution < 1.29 is 4.79 Å². The Kier molecular flexibility index (Phi) is 2.92. The first-order valence-electron chi connectivity index (χ1n) is 4.64. The molecule has 0 radical (unpaired) electrons. The maximum atomic E-state index is 12.1. The Morgan fingerprint density at radius 3 is 2.60 bits per heavy atom. The van der Waals surface area contributed by atoms with E-state index in [1.165, 1.54) is 0 Å². The van der Waals surface area contributed by atoms with Crippen molar-refractivity contribution >= 4 is 17.5 Å². The van der Waals surface area contributed by atoms with E-state index in [0.29, 0.717) is 0 Å². The first kappa shape index (κ1) is 10.1. The monoisotopic (exact) mass is 217 g/mol. The van der Waals surface area contributed by atoms with Gasteiger partial charge < -0.3 is 4.98 Å². The van der Waals surface area contributed by atoms with Crippen molar-refractivity contribution in [2.24, 2.45) is 0 Å². The van der Waals surface area contributed by atoms with Crippen LogP contribution in [0.3, 0.4) is 0 Å². The van der Waals surface area contributed by atoms with Crippen LogP contribution < -0.4 is 0 Å². The van der Waals surface area contributed by atoms with Crippen LogP contribution in [0.1, 0.15) is 15.9 Å². The molecular weight excluding hydrogens is 206 g/mol. The summed E-state index contributed by atoms with van der Waals surface area (Å²) in [5, 5.41) is 0.920. The lowest BCUT2D eigenvalue weighted by molar-refractivity contribution is 0.103. The number of aromatic amines is 1. The number of ketones is 1. The number of thioether (sulfide) groups is 1. The van der Waals surface area contributed by atoms with Crippen LogP contribution in [0.5, 0.6) is 0 Å². The fraction of sp³-hybridized carbons (Fsp3) is 0.0833. The number of carbonyl (C=O) groups is 1. The third-order valence-corrected chi connectivity index (χ3v) is 2.94. The van der Waals surface area contributed by atoms with Crippen LogP contribution in [0, 0.1) is 0 Å². The van der Waals surface area contributed by atoms with Crippen molar-refractivity contribution in [3.63, 3.8) is 0 Å². The molecule has 1 aromatic heterocycles. The van der Waals surface area contributed by atoms with E-state index in [2.05, 4.69) is 4.98 Å². The molecule has 0 saturated carbocycles. The molecule has 2 nitrogen and oxygen atoms in total. The lowest BCUT2D eigenvalue weighted by Gasteiger charge is -2.00. The quantitative estimate of drug-likeness (QED) is 0.633. The zero-order valence-corrected chi connectivity index (χ0v) is 9.17. The van der Waals surface area contributed by atoms with Gasteiger partial charge >= 0.3 is 0 Å². The minimum absolute atomic E-state index is 0.0706. The van der Waals surface area contributed by atoms with Gasteiger partial charge in [0.1, 0.15) is 0 Å². The average Bonchev–Trinajstić information content (AvgIpc) is 2.77. The number of carbonyl (C=O) groups excluding carboxylic acids is 1. The number of rotatable bonds is 3. The minimum atomic E-state index is 0.0706. The molecule has 76 valence electrons. The van der Waals surface area contributed by atoms with Crippen molar-refractivity contribution in [3.8, 4) is 0 Å². The first-order chi connectivity index (χ1) is 7.33. The molecule has 0 atom stereocenters. The number of hydrogen-bond donors (Lipinski definition) is 1. The van der Waals surface area contributed by atoms with Gasteiger partial charge in [0.2, 0.25) is 0 Å². The molecule has 3 heteroatoms. The van der Waals surface area contributed by atoms with Crippen LogP contribution in [0.2, 0.25) is 0 Å². The smallest absolute Gasteiger partial charge is 0.195 e. The predicted molar refractivity (Wildman–Crippen MR) is 62.4 cm³/mol. The zero-order valence-electron chi connectivity index (χ0n) is 8.36. The molecule has 0 bridgehead atoms. The van der Waals surface area contributed by atoms with Crippen LogP contribution in [-0.4, -0.2) is 17.0 Å². The maximum absolute atomic E-state index is 12.1. The Hall–Kier alpha value is -1.48. The van der Waals surface area contributed by atoms with Gasteiger partial charge in [-0.3, -0.25) is 4.79 Å². The molecule has 1 aromatic carbocycles. The van der Waals surface area contributed by atoms with Crippen LogP contribution in [0.15, 0.2) is 47.6 Å². The summed E-state index contributed by atoms with van der Waals surface area (Å²) >= 11 is 1.55. The Morgan fingerprint density at radius 1 is 1.20 bits per heavy atom. The molecule has 0 spiro atoms. The maximum Gasteiger partial charge on any atom is 0.195 e. The van der Waals surface area contributed by atoms with Gasteiger partial charge in [0.05, 0.1) is 10.6 Å². The Morgan fingerprint density at radius 2 is 1.93 bits per heavy atom. The average molecular weight is 217 g/mol. The van der Waals surface area contributed by atoms with E-state index in [-0.39, 0.29) is 5.78 Å². The molecule has 0 amide bonds. The fourth-order valence-electron chi connectivity index (χ4n) is 1.45. The van der Waals surface area contributed by atoms with Crippen molar-refractivity contribution in [2.75, 3.05) is 6.26 Å². The van der Waals surface area contributed by atoms with Gasteiger partial charge in [-0.1, -0.05) is 30.3 Å². The number of nitrogens with one attached hydrogen (secondary N) is 1. The van der Waals surface area contributed by atoms with E-state index >= 15 is 0 Å². The third kappa shape index (κ3) is 1.97. The normalized spacial score (nSPS) is 10.2. The van der Waals surface area contributed by atoms with Gasteiger partial charge in [0.25, 0.3) is 0 Å². The highest BCUT2D eigenvalue weighted by Crippen LogP contribution is 2.20. The second-order valence-corrected chi connectivity index (χ2v) is 3.94. The predicted octanol–water partition coefficient (Wildman–Crippen LogP) is 2.97. The summed E-state index contributed by atoms with van der Waals surface area (Å²) in [4.78, 5) is 15.1. The molecular formula is C12H11NOS. The second kappa shape index (κ2) is 4.36. The molecule has 1 N–H and O–H groups in total. The Balaban J connectivity index is 2.37. The molecule has 1 heterocycles. The number of aromatic nitrogens is 1. The van der Waals surface area contributed by atoms with Crippen molar-refractivity contribution in [3.05, 3.63) is 53.7 Å². The highest BCUT2D eigenvalue weighted by molar-refractivity contribution is 7.98. The van der Waals surface area contributed by atoms with E-state index in [9.17, 15) is 4.79 Å². The van der Waals surface area contributed by atoms with Gasteiger partial charge in [0.15, 0.2) is 5.78 Å². The second-order valence-electron chi connectivity index (χ2n) is 3.12. The summed E-state index contributed by atoms with van der Waals surface area (Å²) < 4.78 is 0. The Bertz CT molecular complexity index is 461. The molecule has 0 unspecified atom stereocenters. The van der Waals surface area contributed by atoms with Gasteiger partial charge in [-0.05, 0) is 12.3 Å². The van der Waals surface area contributed by atoms with Crippen LogP contribution in [0.4, 0.5) is 0 Å². The van der Waals surface area contributed by atoms with Gasteiger partial charge in [-0.2, -0.15) is 0 Å². The summed E-state index contributed by atoms with van der Waals surface area (Å²) in [5.74, 6) is 0.0706. The largest absolute Gasteiger partial charge is 0.356 e. The standard InChI is InChI=1S/C12H11NOS/c1-15-12-10(7-8-13-12)11(14)9-5-3-2-4-6-9/h2-8,13H,1H3. The molecule has 2 rings (SSSR count). The number of hydrogen-bond acceptors (Lipinski definition) is 2. The SMILES string of the molecule is CSc1[nH]ccc1C(=O)c1ccccc1. The van der Waals surface area contributed by atoms with Gasteiger partial charge in [0, 0.05) is 11.8 Å². The molecule has 0 fully saturated rings. The van der Waals surface area contributed by atoms with Crippen molar-refractivity contribution in [1.82, 2.24) is 4.98 Å². The summed E-state index contributed by atoms with van der Waals surface area (Å²) in [6, 6.07) is 11.1. The number of H-pyrrole nitrogens is 1. The molecule has 0 aliphatic rings. The molecule has 15 heavy (non-hydrogen) atoms. The lowest BCUT2D eigenvalue weighted by atomic mass is 10.1.